The maximum absolute atomic E-state index is 12.7. The number of carbonyl (C=O) groups excluding carboxylic acids is 1. The minimum absolute atomic E-state index is 0.190. The SMILES string of the molecule is CC(C)(C)C[C@@H](CC1CCCCC1)C(=O)C(C)(C)C. The van der Waals surface area contributed by atoms with E-state index in [4.69, 9.17) is 0 Å². The fourth-order valence-corrected chi connectivity index (χ4v) is 3.46. The van der Waals surface area contributed by atoms with Crippen LogP contribution in [-0.4, -0.2) is 5.78 Å². The third-order valence-electron chi connectivity index (χ3n) is 4.31. The lowest BCUT2D eigenvalue weighted by atomic mass is 9.71. The largest absolute Gasteiger partial charge is 0.299 e. The number of Topliss-reactive ketones (excluding diaryl/α,β-unsaturated/α-hetero) is 1. The van der Waals surface area contributed by atoms with Gasteiger partial charge in [-0.15, -0.1) is 0 Å². The minimum atomic E-state index is -0.190. The standard InChI is InChI=1S/C18H34O/c1-17(2,3)13-15(16(19)18(4,5)6)12-14-10-8-7-9-11-14/h14-15H,7-13H2,1-6H3/t15-/m1/s1. The van der Waals surface area contributed by atoms with E-state index in [0.29, 0.717) is 5.78 Å². The van der Waals surface area contributed by atoms with Gasteiger partial charge in [-0.2, -0.15) is 0 Å². The first-order chi connectivity index (χ1) is 8.59. The van der Waals surface area contributed by atoms with Gasteiger partial charge in [-0.1, -0.05) is 73.6 Å². The van der Waals surface area contributed by atoms with Gasteiger partial charge in [0.05, 0.1) is 0 Å². The second-order valence-electron chi connectivity index (χ2n) is 8.82. The zero-order valence-corrected chi connectivity index (χ0v) is 14.0. The normalized spacial score (nSPS) is 20.3. The molecule has 112 valence electrons. The summed E-state index contributed by atoms with van der Waals surface area (Å²) in [5.41, 5.74) is 0.0603. The molecule has 1 rings (SSSR count). The lowest BCUT2D eigenvalue weighted by Gasteiger charge is -2.33. The van der Waals surface area contributed by atoms with Gasteiger partial charge in [0, 0.05) is 11.3 Å². The van der Waals surface area contributed by atoms with Crippen molar-refractivity contribution in [2.24, 2.45) is 22.7 Å². The van der Waals surface area contributed by atoms with E-state index in [1.54, 1.807) is 0 Å². The molecule has 1 fully saturated rings. The van der Waals surface area contributed by atoms with Crippen LogP contribution in [0, 0.1) is 22.7 Å². The number of hydrogen-bond acceptors (Lipinski definition) is 1. The van der Waals surface area contributed by atoms with Crippen LogP contribution < -0.4 is 0 Å². The lowest BCUT2D eigenvalue weighted by molar-refractivity contribution is -0.132. The van der Waals surface area contributed by atoms with Crippen LogP contribution in [0.5, 0.6) is 0 Å². The first-order valence-corrected chi connectivity index (χ1v) is 8.14. The van der Waals surface area contributed by atoms with E-state index in [-0.39, 0.29) is 16.7 Å². The Morgan fingerprint density at radius 3 is 1.95 bits per heavy atom. The molecule has 0 aromatic heterocycles. The average Bonchev–Trinajstić information content (AvgIpc) is 2.25. The van der Waals surface area contributed by atoms with Gasteiger partial charge in [0.2, 0.25) is 0 Å². The van der Waals surface area contributed by atoms with Crippen LogP contribution >= 0.6 is 0 Å². The van der Waals surface area contributed by atoms with Crippen molar-refractivity contribution in [3.8, 4) is 0 Å². The molecule has 0 aromatic rings. The molecule has 1 aliphatic carbocycles. The first-order valence-electron chi connectivity index (χ1n) is 8.14. The maximum atomic E-state index is 12.7. The second-order valence-corrected chi connectivity index (χ2v) is 8.82. The van der Waals surface area contributed by atoms with Crippen LogP contribution in [0.2, 0.25) is 0 Å². The Bertz CT molecular complexity index is 284. The topological polar surface area (TPSA) is 17.1 Å². The molecule has 0 amide bonds. The number of ketones is 1. The number of rotatable bonds is 4. The van der Waals surface area contributed by atoms with E-state index in [9.17, 15) is 4.79 Å². The van der Waals surface area contributed by atoms with Gasteiger partial charge in [0.25, 0.3) is 0 Å². The first kappa shape index (κ1) is 16.7. The smallest absolute Gasteiger partial charge is 0.141 e. The van der Waals surface area contributed by atoms with Crippen molar-refractivity contribution in [2.75, 3.05) is 0 Å². The highest BCUT2D eigenvalue weighted by Crippen LogP contribution is 2.37. The Labute approximate surface area is 120 Å². The Kier molecular flexibility index (Phi) is 5.65. The molecular formula is C18H34O. The van der Waals surface area contributed by atoms with Crippen LogP contribution in [0.1, 0.15) is 86.5 Å². The van der Waals surface area contributed by atoms with Gasteiger partial charge in [0.1, 0.15) is 5.78 Å². The van der Waals surface area contributed by atoms with Crippen LogP contribution in [0.15, 0.2) is 0 Å². The van der Waals surface area contributed by atoms with Crippen LogP contribution in [-0.2, 0) is 4.79 Å². The molecule has 1 aliphatic rings. The molecular weight excluding hydrogens is 232 g/mol. The van der Waals surface area contributed by atoms with Gasteiger partial charge in [0.15, 0.2) is 0 Å². The zero-order chi connectivity index (χ0) is 14.7. The Morgan fingerprint density at radius 2 is 1.53 bits per heavy atom. The van der Waals surface area contributed by atoms with Crippen molar-refractivity contribution in [3.63, 3.8) is 0 Å². The zero-order valence-electron chi connectivity index (χ0n) is 14.0. The molecule has 0 aliphatic heterocycles. The molecule has 0 heterocycles. The van der Waals surface area contributed by atoms with Crippen molar-refractivity contribution in [3.05, 3.63) is 0 Å². The molecule has 1 nitrogen and oxygen atoms in total. The van der Waals surface area contributed by atoms with E-state index < -0.39 is 0 Å². The predicted molar refractivity (Wildman–Crippen MR) is 83.2 cm³/mol. The summed E-state index contributed by atoms with van der Waals surface area (Å²) in [5.74, 6) is 1.54. The summed E-state index contributed by atoms with van der Waals surface area (Å²) < 4.78 is 0. The third-order valence-corrected chi connectivity index (χ3v) is 4.31. The van der Waals surface area contributed by atoms with Crippen molar-refractivity contribution in [1.29, 1.82) is 0 Å². The molecule has 1 heteroatoms. The molecule has 0 aromatic carbocycles. The molecule has 0 bridgehead atoms. The van der Waals surface area contributed by atoms with E-state index in [1.807, 2.05) is 0 Å². The highest BCUT2D eigenvalue weighted by molar-refractivity contribution is 5.86. The van der Waals surface area contributed by atoms with E-state index in [0.717, 1.165) is 18.8 Å². The van der Waals surface area contributed by atoms with E-state index in [2.05, 4.69) is 41.5 Å². The van der Waals surface area contributed by atoms with Gasteiger partial charge >= 0.3 is 0 Å². The van der Waals surface area contributed by atoms with Crippen molar-refractivity contribution in [1.82, 2.24) is 0 Å². The maximum Gasteiger partial charge on any atom is 0.141 e. The van der Waals surface area contributed by atoms with E-state index >= 15 is 0 Å². The van der Waals surface area contributed by atoms with Crippen molar-refractivity contribution >= 4 is 5.78 Å². The Hall–Kier alpha value is -0.330. The highest BCUT2D eigenvalue weighted by Gasteiger charge is 2.34. The van der Waals surface area contributed by atoms with Gasteiger partial charge in [-0.25, -0.2) is 0 Å². The Morgan fingerprint density at radius 1 is 1.00 bits per heavy atom. The fraction of sp³-hybridized carbons (Fsp3) is 0.944. The van der Waals surface area contributed by atoms with E-state index in [1.165, 1.54) is 32.1 Å². The molecule has 0 radical (unpaired) electrons. The minimum Gasteiger partial charge on any atom is -0.299 e. The highest BCUT2D eigenvalue weighted by atomic mass is 16.1. The van der Waals surface area contributed by atoms with Crippen LogP contribution in [0.25, 0.3) is 0 Å². The average molecular weight is 266 g/mol. The molecule has 0 N–H and O–H groups in total. The molecule has 1 atom stereocenters. The molecule has 19 heavy (non-hydrogen) atoms. The summed E-state index contributed by atoms with van der Waals surface area (Å²) in [6.07, 6.45) is 9.00. The Balaban J connectivity index is 2.71. The number of carbonyl (C=O) groups is 1. The summed E-state index contributed by atoms with van der Waals surface area (Å²) in [4.78, 5) is 12.7. The summed E-state index contributed by atoms with van der Waals surface area (Å²) >= 11 is 0. The van der Waals surface area contributed by atoms with Crippen LogP contribution in [0.4, 0.5) is 0 Å². The summed E-state index contributed by atoms with van der Waals surface area (Å²) in [6.45, 7) is 13.0. The van der Waals surface area contributed by atoms with Gasteiger partial charge < -0.3 is 0 Å². The lowest BCUT2D eigenvalue weighted by Crippen LogP contribution is -2.32. The molecule has 0 unspecified atom stereocenters. The van der Waals surface area contributed by atoms with Gasteiger partial charge in [-0.05, 0) is 24.2 Å². The quantitative estimate of drug-likeness (QED) is 0.645. The summed E-state index contributed by atoms with van der Waals surface area (Å²) in [7, 11) is 0. The molecule has 1 saturated carbocycles. The van der Waals surface area contributed by atoms with Crippen molar-refractivity contribution in [2.45, 2.75) is 86.5 Å². The molecule has 0 spiro atoms. The predicted octanol–water partition coefficient (Wildman–Crippen LogP) is 5.62. The second kappa shape index (κ2) is 6.41. The fourth-order valence-electron chi connectivity index (χ4n) is 3.46. The van der Waals surface area contributed by atoms with Crippen molar-refractivity contribution < 1.29 is 4.79 Å². The molecule has 0 saturated heterocycles. The summed E-state index contributed by atoms with van der Waals surface area (Å²) in [5, 5.41) is 0. The third kappa shape index (κ3) is 6.10. The van der Waals surface area contributed by atoms with Crippen LogP contribution in [0.3, 0.4) is 0 Å². The van der Waals surface area contributed by atoms with Gasteiger partial charge in [-0.3, -0.25) is 4.79 Å². The monoisotopic (exact) mass is 266 g/mol. The number of hydrogen-bond donors (Lipinski definition) is 0. The summed E-state index contributed by atoms with van der Waals surface area (Å²) in [6, 6.07) is 0.